The zero-order valence-corrected chi connectivity index (χ0v) is 15.1. The van der Waals surface area contributed by atoms with Crippen LogP contribution in [0.25, 0.3) is 0 Å². The Morgan fingerprint density at radius 1 is 1.19 bits per heavy atom. The van der Waals surface area contributed by atoms with Gasteiger partial charge in [-0.25, -0.2) is 8.42 Å². The zero-order chi connectivity index (χ0) is 18.0. The summed E-state index contributed by atoms with van der Waals surface area (Å²) in [5.41, 5.74) is -0.381. The Morgan fingerprint density at radius 3 is 2.65 bits per heavy atom. The lowest BCUT2D eigenvalue weighted by molar-refractivity contribution is -0.104. The summed E-state index contributed by atoms with van der Waals surface area (Å²) in [6.07, 6.45) is 8.10. The Hall–Kier alpha value is -2.03. The summed E-state index contributed by atoms with van der Waals surface area (Å²) in [6.45, 7) is 2.01. The number of hydrogen-bond acceptors (Lipinski definition) is 6. The molecule has 2 fully saturated rings. The average molecular weight is 375 g/mol. The summed E-state index contributed by atoms with van der Waals surface area (Å²) in [6, 6.07) is 6.91. The molecule has 26 heavy (non-hydrogen) atoms. The van der Waals surface area contributed by atoms with Gasteiger partial charge in [0.1, 0.15) is 10.6 Å². The number of sulfonamides is 1. The van der Waals surface area contributed by atoms with Crippen molar-refractivity contribution in [3.63, 3.8) is 0 Å². The minimum absolute atomic E-state index is 0.226. The minimum atomic E-state index is -3.50. The quantitative estimate of drug-likeness (QED) is 0.765. The number of hydrogen-bond donors (Lipinski definition) is 0. The van der Waals surface area contributed by atoms with Gasteiger partial charge < -0.3 is 9.47 Å². The smallest absolute Gasteiger partial charge is 0.244 e. The van der Waals surface area contributed by atoms with Crippen LogP contribution in [0, 0.1) is 5.92 Å². The van der Waals surface area contributed by atoms with Gasteiger partial charge in [0.15, 0.2) is 0 Å². The van der Waals surface area contributed by atoms with Crippen molar-refractivity contribution in [1.82, 2.24) is 14.3 Å². The molecule has 2 aromatic rings. The van der Waals surface area contributed by atoms with Crippen molar-refractivity contribution < 1.29 is 17.9 Å². The number of rotatable bonds is 6. The normalized spacial score (nSPS) is 22.2. The fourth-order valence-electron chi connectivity index (χ4n) is 3.66. The maximum Gasteiger partial charge on any atom is 0.244 e. The summed E-state index contributed by atoms with van der Waals surface area (Å²) in [5.74, 6) is 1.04. The topological polar surface area (TPSA) is 81.6 Å². The fraction of sp³-hybridized carbons (Fsp3) is 0.444. The molecule has 1 atom stereocenters. The standard InChI is InChI=1S/C18H21N3O4S/c22-26(23,17-4-2-8-20-12-17)21-13-18(14-21)15(6-10-25-18)5-9-24-16-3-1-7-19-11-16/h1-4,7-8,11-12,15H,5-6,9-10,13-14H2. The second-order valence-corrected chi connectivity index (χ2v) is 8.62. The second-order valence-electron chi connectivity index (χ2n) is 6.69. The molecule has 2 aliphatic rings. The number of aromatic nitrogens is 2. The highest BCUT2D eigenvalue weighted by Gasteiger charge is 2.56. The molecule has 138 valence electrons. The first-order chi connectivity index (χ1) is 12.6. The SMILES string of the molecule is O=S(=O)(c1cccnc1)N1CC2(C1)OCCC2CCOc1cccnc1. The van der Waals surface area contributed by atoms with E-state index in [1.54, 1.807) is 30.7 Å². The fourth-order valence-corrected chi connectivity index (χ4v) is 5.18. The van der Waals surface area contributed by atoms with Crippen molar-refractivity contribution >= 4 is 10.0 Å². The van der Waals surface area contributed by atoms with Crippen LogP contribution in [-0.4, -0.2) is 54.6 Å². The van der Waals surface area contributed by atoms with Gasteiger partial charge in [0.25, 0.3) is 0 Å². The number of nitrogens with zero attached hydrogens (tertiary/aromatic N) is 3. The number of pyridine rings is 2. The molecule has 7 nitrogen and oxygen atoms in total. The molecular formula is C18H21N3O4S. The molecule has 1 spiro atoms. The Morgan fingerprint density at radius 2 is 1.96 bits per heavy atom. The van der Waals surface area contributed by atoms with Crippen LogP contribution in [0.1, 0.15) is 12.8 Å². The highest BCUT2D eigenvalue weighted by molar-refractivity contribution is 7.89. The summed E-state index contributed by atoms with van der Waals surface area (Å²) < 4.78 is 38.5. The maximum absolute atomic E-state index is 12.7. The van der Waals surface area contributed by atoms with Gasteiger partial charge in [0.05, 0.1) is 18.4 Å². The molecule has 0 aliphatic carbocycles. The molecule has 2 saturated heterocycles. The van der Waals surface area contributed by atoms with E-state index in [-0.39, 0.29) is 10.5 Å². The molecule has 0 amide bonds. The Kier molecular flexibility index (Phi) is 4.64. The van der Waals surface area contributed by atoms with Gasteiger partial charge in [0.2, 0.25) is 10.0 Å². The van der Waals surface area contributed by atoms with E-state index in [0.717, 1.165) is 18.6 Å². The van der Waals surface area contributed by atoms with Crippen LogP contribution >= 0.6 is 0 Å². The lowest BCUT2D eigenvalue weighted by Crippen LogP contribution is -2.66. The molecule has 0 radical (unpaired) electrons. The molecule has 1 unspecified atom stereocenters. The first-order valence-electron chi connectivity index (χ1n) is 8.67. The van der Waals surface area contributed by atoms with Crippen molar-refractivity contribution in [2.45, 2.75) is 23.3 Å². The van der Waals surface area contributed by atoms with Gasteiger partial charge in [-0.2, -0.15) is 4.31 Å². The van der Waals surface area contributed by atoms with E-state index in [2.05, 4.69) is 9.97 Å². The van der Waals surface area contributed by atoms with Crippen LogP contribution in [0.4, 0.5) is 0 Å². The Bertz CT molecular complexity index is 839. The van der Waals surface area contributed by atoms with Gasteiger partial charge in [-0.3, -0.25) is 9.97 Å². The highest BCUT2D eigenvalue weighted by Crippen LogP contribution is 2.43. The van der Waals surface area contributed by atoms with Crippen LogP contribution in [0.5, 0.6) is 5.75 Å². The third-order valence-electron chi connectivity index (χ3n) is 5.13. The van der Waals surface area contributed by atoms with E-state index in [0.29, 0.717) is 32.2 Å². The van der Waals surface area contributed by atoms with E-state index >= 15 is 0 Å². The first-order valence-corrected chi connectivity index (χ1v) is 10.1. The van der Waals surface area contributed by atoms with E-state index in [1.165, 1.54) is 10.5 Å². The largest absolute Gasteiger partial charge is 0.492 e. The lowest BCUT2D eigenvalue weighted by Gasteiger charge is -2.49. The summed E-state index contributed by atoms with van der Waals surface area (Å²) >= 11 is 0. The van der Waals surface area contributed by atoms with Gasteiger partial charge in [-0.15, -0.1) is 0 Å². The summed E-state index contributed by atoms with van der Waals surface area (Å²) in [5, 5.41) is 0. The van der Waals surface area contributed by atoms with E-state index in [1.807, 2.05) is 12.1 Å². The molecule has 0 aromatic carbocycles. The molecule has 4 rings (SSSR count). The van der Waals surface area contributed by atoms with Gasteiger partial charge in [-0.05, 0) is 43.0 Å². The van der Waals surface area contributed by atoms with Crippen molar-refractivity contribution in [2.75, 3.05) is 26.3 Å². The van der Waals surface area contributed by atoms with E-state index in [4.69, 9.17) is 9.47 Å². The third kappa shape index (κ3) is 3.20. The average Bonchev–Trinajstić information content (AvgIpc) is 3.06. The molecule has 0 N–H and O–H groups in total. The zero-order valence-electron chi connectivity index (χ0n) is 14.3. The molecule has 2 aliphatic heterocycles. The van der Waals surface area contributed by atoms with Gasteiger partial charge in [0, 0.05) is 38.3 Å². The van der Waals surface area contributed by atoms with E-state index in [9.17, 15) is 8.42 Å². The molecule has 2 aromatic heterocycles. The van der Waals surface area contributed by atoms with E-state index < -0.39 is 10.0 Å². The van der Waals surface area contributed by atoms with Crippen molar-refractivity contribution in [3.05, 3.63) is 49.1 Å². The third-order valence-corrected chi connectivity index (χ3v) is 6.90. The van der Waals surface area contributed by atoms with Crippen LogP contribution in [0.3, 0.4) is 0 Å². The molecule has 0 saturated carbocycles. The van der Waals surface area contributed by atoms with Crippen molar-refractivity contribution in [1.29, 1.82) is 0 Å². The Balaban J connectivity index is 1.36. The predicted molar refractivity (Wildman–Crippen MR) is 94.1 cm³/mol. The molecule has 4 heterocycles. The maximum atomic E-state index is 12.7. The van der Waals surface area contributed by atoms with Crippen LogP contribution < -0.4 is 4.74 Å². The van der Waals surface area contributed by atoms with Crippen LogP contribution in [0.15, 0.2) is 53.9 Å². The molecule has 0 bridgehead atoms. The van der Waals surface area contributed by atoms with Crippen LogP contribution in [-0.2, 0) is 14.8 Å². The predicted octanol–water partition coefficient (Wildman–Crippen LogP) is 1.73. The lowest BCUT2D eigenvalue weighted by atomic mass is 9.80. The number of ether oxygens (including phenoxy) is 2. The monoisotopic (exact) mass is 375 g/mol. The summed E-state index contributed by atoms with van der Waals surface area (Å²) in [7, 11) is -3.50. The van der Waals surface area contributed by atoms with Gasteiger partial charge in [-0.1, -0.05) is 0 Å². The Labute approximate surface area is 153 Å². The highest BCUT2D eigenvalue weighted by atomic mass is 32.2. The summed E-state index contributed by atoms with van der Waals surface area (Å²) in [4.78, 5) is 8.16. The van der Waals surface area contributed by atoms with Crippen molar-refractivity contribution in [2.24, 2.45) is 5.92 Å². The minimum Gasteiger partial charge on any atom is -0.492 e. The van der Waals surface area contributed by atoms with Crippen molar-refractivity contribution in [3.8, 4) is 5.75 Å². The van der Waals surface area contributed by atoms with Gasteiger partial charge >= 0.3 is 0 Å². The molecule has 8 heteroatoms. The first kappa shape index (κ1) is 17.4. The second kappa shape index (κ2) is 6.94. The molecular weight excluding hydrogens is 354 g/mol. The van der Waals surface area contributed by atoms with Crippen LogP contribution in [0.2, 0.25) is 0 Å².